The maximum atomic E-state index is 13.0. The SMILES string of the molecule is CCN1CCN(Cc2ccc(Nc3cc(-c4cncnc4Nc4c(Cl)c(C(=O)NC5CC5)cc(OC)c4I)ncn3)nc2)CC1. The second-order valence-electron chi connectivity index (χ2n) is 11.0. The summed E-state index contributed by atoms with van der Waals surface area (Å²) >= 11 is 8.95. The number of pyridine rings is 1. The molecule has 2 fully saturated rings. The lowest BCUT2D eigenvalue weighted by Gasteiger charge is -2.33. The van der Waals surface area contributed by atoms with Crippen molar-refractivity contribution in [3.05, 3.63) is 69.0 Å². The number of likely N-dealkylation sites (N-methyl/N-ethyl adjacent to an activating group) is 1. The van der Waals surface area contributed by atoms with Gasteiger partial charge in [0.15, 0.2) is 0 Å². The predicted octanol–water partition coefficient (Wildman–Crippen LogP) is 5.11. The topological polar surface area (TPSA) is 133 Å². The molecule has 45 heavy (non-hydrogen) atoms. The van der Waals surface area contributed by atoms with Crippen LogP contribution in [0.1, 0.15) is 35.7 Å². The Morgan fingerprint density at radius 2 is 1.80 bits per heavy atom. The first-order valence-corrected chi connectivity index (χ1v) is 16.3. The smallest absolute Gasteiger partial charge is 0.253 e. The van der Waals surface area contributed by atoms with Crippen molar-refractivity contribution in [3.8, 4) is 17.0 Å². The molecular formula is C31H34ClIN10O2. The Kier molecular flexibility index (Phi) is 9.88. The molecule has 0 spiro atoms. The number of anilines is 4. The zero-order valence-corrected chi connectivity index (χ0v) is 28.0. The van der Waals surface area contributed by atoms with Crippen LogP contribution in [0.25, 0.3) is 11.3 Å². The average molecular weight is 741 g/mol. The minimum atomic E-state index is -0.244. The molecule has 0 bridgehead atoms. The number of amides is 1. The summed E-state index contributed by atoms with van der Waals surface area (Å²) in [5.41, 5.74) is 3.20. The second-order valence-corrected chi connectivity index (χ2v) is 12.4. The lowest BCUT2D eigenvalue weighted by Crippen LogP contribution is -2.45. The highest BCUT2D eigenvalue weighted by molar-refractivity contribution is 14.1. The molecule has 0 radical (unpaired) electrons. The van der Waals surface area contributed by atoms with Crippen LogP contribution >= 0.6 is 34.2 Å². The van der Waals surface area contributed by atoms with Crippen LogP contribution in [0.4, 0.5) is 23.1 Å². The fraction of sp³-hybridized carbons (Fsp3) is 0.355. The number of piperazine rings is 1. The Morgan fingerprint density at radius 3 is 2.51 bits per heavy atom. The molecule has 0 atom stereocenters. The number of benzene rings is 1. The number of hydrogen-bond donors (Lipinski definition) is 3. The highest BCUT2D eigenvalue weighted by atomic mass is 127. The van der Waals surface area contributed by atoms with Crippen LogP contribution in [0.3, 0.4) is 0 Å². The molecule has 2 aliphatic rings. The maximum Gasteiger partial charge on any atom is 0.253 e. The average Bonchev–Trinajstić information content (AvgIpc) is 3.89. The first kappa shape index (κ1) is 31.3. The number of nitrogens with one attached hydrogen (secondary N) is 3. The van der Waals surface area contributed by atoms with E-state index in [9.17, 15) is 4.79 Å². The molecule has 1 aliphatic carbocycles. The zero-order chi connectivity index (χ0) is 31.3. The van der Waals surface area contributed by atoms with Gasteiger partial charge in [0.05, 0.1) is 38.2 Å². The standard InChI is InChI=1S/C31H34ClIN10O2/c1-3-42-8-10-43(11-9-42)16-19-4-7-25(35-14-19)40-26-13-23(36-18-37-26)22-15-34-17-38-30(22)41-29-27(32)21(12-24(45-2)28(29)33)31(44)39-20-5-6-20/h4,7,12-15,17-18,20H,3,5-6,8-11,16H2,1-2H3,(H,39,44)(H,34,38,41)(H,35,36,37,40). The molecule has 3 aromatic heterocycles. The highest BCUT2D eigenvalue weighted by Gasteiger charge is 2.27. The summed E-state index contributed by atoms with van der Waals surface area (Å²) in [5, 5.41) is 9.85. The van der Waals surface area contributed by atoms with E-state index < -0.39 is 0 Å². The van der Waals surface area contributed by atoms with Crippen molar-refractivity contribution in [2.75, 3.05) is 50.5 Å². The quantitative estimate of drug-likeness (QED) is 0.177. The largest absolute Gasteiger partial charge is 0.496 e. The Morgan fingerprint density at radius 1 is 1.00 bits per heavy atom. The van der Waals surface area contributed by atoms with Crippen molar-refractivity contribution >= 4 is 63.2 Å². The molecule has 1 saturated carbocycles. The summed E-state index contributed by atoms with van der Waals surface area (Å²) < 4.78 is 6.28. The summed E-state index contributed by atoms with van der Waals surface area (Å²) in [4.78, 5) is 40.1. The van der Waals surface area contributed by atoms with Crippen molar-refractivity contribution in [1.29, 1.82) is 0 Å². The van der Waals surface area contributed by atoms with Crippen LogP contribution in [0.2, 0.25) is 5.02 Å². The lowest BCUT2D eigenvalue weighted by atomic mass is 10.1. The monoisotopic (exact) mass is 740 g/mol. The number of carbonyl (C=O) groups is 1. The molecule has 1 aliphatic heterocycles. The number of carbonyl (C=O) groups excluding carboxylic acids is 1. The number of halogens is 2. The molecule has 234 valence electrons. The minimum absolute atomic E-state index is 0.185. The molecule has 1 amide bonds. The summed E-state index contributed by atoms with van der Waals surface area (Å²) in [5.74, 6) is 1.98. The number of aromatic nitrogens is 5. The highest BCUT2D eigenvalue weighted by Crippen LogP contribution is 2.40. The number of ether oxygens (including phenoxy) is 1. The van der Waals surface area contributed by atoms with E-state index in [-0.39, 0.29) is 17.0 Å². The molecule has 1 saturated heterocycles. The Hall–Kier alpha value is -3.66. The zero-order valence-electron chi connectivity index (χ0n) is 25.1. The van der Waals surface area contributed by atoms with Crippen LogP contribution in [-0.2, 0) is 6.54 Å². The number of rotatable bonds is 11. The van der Waals surface area contributed by atoms with Crippen LogP contribution in [-0.4, -0.2) is 86.5 Å². The molecular weight excluding hydrogens is 707 g/mol. The Balaban J connectivity index is 1.19. The number of hydrogen-bond acceptors (Lipinski definition) is 11. The summed E-state index contributed by atoms with van der Waals surface area (Å²) in [6.45, 7) is 8.54. The van der Waals surface area contributed by atoms with E-state index >= 15 is 0 Å². The van der Waals surface area contributed by atoms with Gasteiger partial charge in [-0.25, -0.2) is 24.9 Å². The van der Waals surface area contributed by atoms with Gasteiger partial charge in [0, 0.05) is 57.2 Å². The van der Waals surface area contributed by atoms with E-state index in [1.54, 1.807) is 25.4 Å². The third-order valence-corrected chi connectivity index (χ3v) is 9.31. The number of nitrogens with zero attached hydrogens (tertiary/aromatic N) is 7. The molecule has 4 heterocycles. The first-order valence-electron chi connectivity index (χ1n) is 14.8. The van der Waals surface area contributed by atoms with Gasteiger partial charge < -0.3 is 25.6 Å². The molecule has 14 heteroatoms. The molecule has 3 N–H and O–H groups in total. The minimum Gasteiger partial charge on any atom is -0.496 e. The van der Waals surface area contributed by atoms with Crippen molar-refractivity contribution in [1.82, 2.24) is 40.0 Å². The maximum absolute atomic E-state index is 13.0. The van der Waals surface area contributed by atoms with Crippen LogP contribution < -0.4 is 20.7 Å². The Labute approximate surface area is 280 Å². The van der Waals surface area contributed by atoms with Crippen LogP contribution in [0.15, 0.2) is 49.3 Å². The number of methoxy groups -OCH3 is 1. The van der Waals surface area contributed by atoms with Crippen molar-refractivity contribution < 1.29 is 9.53 Å². The van der Waals surface area contributed by atoms with Crippen LogP contribution in [0.5, 0.6) is 5.75 Å². The van der Waals surface area contributed by atoms with E-state index in [0.717, 1.165) is 52.1 Å². The van der Waals surface area contributed by atoms with Gasteiger partial charge in [-0.05, 0) is 59.7 Å². The summed E-state index contributed by atoms with van der Waals surface area (Å²) in [6.07, 6.45) is 8.41. The summed E-state index contributed by atoms with van der Waals surface area (Å²) in [7, 11) is 1.56. The van der Waals surface area contributed by atoms with Gasteiger partial charge in [-0.2, -0.15) is 0 Å². The van der Waals surface area contributed by atoms with Gasteiger partial charge in [0.1, 0.15) is 35.9 Å². The predicted molar refractivity (Wildman–Crippen MR) is 182 cm³/mol. The molecule has 12 nitrogen and oxygen atoms in total. The van der Waals surface area contributed by atoms with E-state index in [2.05, 4.69) is 86.3 Å². The van der Waals surface area contributed by atoms with Gasteiger partial charge >= 0.3 is 0 Å². The lowest BCUT2D eigenvalue weighted by molar-refractivity contribution is 0.0951. The molecule has 0 unspecified atom stereocenters. The Bertz CT molecular complexity index is 1660. The van der Waals surface area contributed by atoms with E-state index in [4.69, 9.17) is 16.3 Å². The van der Waals surface area contributed by atoms with E-state index in [0.29, 0.717) is 49.3 Å². The van der Waals surface area contributed by atoms with Gasteiger partial charge in [-0.3, -0.25) is 9.69 Å². The normalized spacial score (nSPS) is 15.5. The molecule has 6 rings (SSSR count). The third-order valence-electron chi connectivity index (χ3n) is 7.84. The fourth-order valence-corrected chi connectivity index (χ4v) is 6.30. The van der Waals surface area contributed by atoms with Gasteiger partial charge in [0.25, 0.3) is 5.91 Å². The van der Waals surface area contributed by atoms with Crippen molar-refractivity contribution in [2.45, 2.75) is 32.4 Å². The fourth-order valence-electron chi connectivity index (χ4n) is 5.08. The first-order chi connectivity index (χ1) is 21.9. The third kappa shape index (κ3) is 7.60. The molecule has 4 aromatic rings. The van der Waals surface area contributed by atoms with E-state index in [1.807, 2.05) is 12.3 Å². The second kappa shape index (κ2) is 14.2. The molecule has 1 aromatic carbocycles. The summed E-state index contributed by atoms with van der Waals surface area (Å²) in [6, 6.07) is 7.70. The van der Waals surface area contributed by atoms with E-state index in [1.165, 1.54) is 18.2 Å². The van der Waals surface area contributed by atoms with Gasteiger partial charge in [-0.15, -0.1) is 0 Å². The van der Waals surface area contributed by atoms with Crippen molar-refractivity contribution in [3.63, 3.8) is 0 Å². The van der Waals surface area contributed by atoms with Gasteiger partial charge in [0.2, 0.25) is 0 Å². The van der Waals surface area contributed by atoms with Crippen molar-refractivity contribution in [2.24, 2.45) is 0 Å². The van der Waals surface area contributed by atoms with Gasteiger partial charge in [-0.1, -0.05) is 24.6 Å². The van der Waals surface area contributed by atoms with Crippen LogP contribution in [0, 0.1) is 3.57 Å².